The molecule has 3 aromatic rings. The van der Waals surface area contributed by atoms with E-state index in [1.165, 1.54) is 18.4 Å². The quantitative estimate of drug-likeness (QED) is 0.537. The second-order valence-corrected chi connectivity index (χ2v) is 7.80. The topological polar surface area (TPSA) is 69.9 Å². The molecule has 1 fully saturated rings. The number of methoxy groups -OCH3 is 3. The molecule has 0 radical (unpaired) electrons. The molecule has 0 amide bonds. The van der Waals surface area contributed by atoms with E-state index in [1.54, 1.807) is 21.3 Å². The molecule has 2 aromatic carbocycles. The lowest BCUT2D eigenvalue weighted by Crippen LogP contribution is -2.33. The van der Waals surface area contributed by atoms with Crippen LogP contribution in [-0.4, -0.2) is 49.5 Å². The highest BCUT2D eigenvalue weighted by atomic mass is 16.5. The van der Waals surface area contributed by atoms with Crippen molar-refractivity contribution < 1.29 is 18.7 Å². The molecule has 1 aromatic heterocycles. The van der Waals surface area contributed by atoms with Gasteiger partial charge in [-0.2, -0.15) is 4.98 Å². The van der Waals surface area contributed by atoms with E-state index < -0.39 is 0 Å². The van der Waals surface area contributed by atoms with Crippen molar-refractivity contribution >= 4 is 0 Å². The molecular weight excluding hydrogens is 394 g/mol. The predicted octanol–water partition coefficient (Wildman–Crippen LogP) is 4.22. The van der Waals surface area contributed by atoms with Gasteiger partial charge in [-0.25, -0.2) is 0 Å². The zero-order valence-corrected chi connectivity index (χ0v) is 18.3. The predicted molar refractivity (Wildman–Crippen MR) is 118 cm³/mol. The van der Waals surface area contributed by atoms with E-state index in [-0.39, 0.29) is 0 Å². The summed E-state index contributed by atoms with van der Waals surface area (Å²) in [5.74, 6) is 3.43. The molecule has 0 bridgehead atoms. The Balaban J connectivity index is 1.39. The smallest absolute Gasteiger partial charge is 0.241 e. The first kappa shape index (κ1) is 21.2. The van der Waals surface area contributed by atoms with Crippen LogP contribution < -0.4 is 14.2 Å². The van der Waals surface area contributed by atoms with E-state index in [0.29, 0.717) is 41.1 Å². The van der Waals surface area contributed by atoms with Crippen molar-refractivity contribution in [3.63, 3.8) is 0 Å². The molecule has 7 heteroatoms. The Kier molecular flexibility index (Phi) is 6.72. The van der Waals surface area contributed by atoms with Crippen molar-refractivity contribution in [2.75, 3.05) is 34.4 Å². The number of benzene rings is 2. The Morgan fingerprint density at radius 1 is 0.935 bits per heavy atom. The van der Waals surface area contributed by atoms with Crippen molar-refractivity contribution in [3.05, 3.63) is 53.9 Å². The normalized spacial score (nSPS) is 15.1. The first-order valence-corrected chi connectivity index (χ1v) is 10.6. The lowest BCUT2D eigenvalue weighted by molar-refractivity contribution is 0.159. The molecule has 7 nitrogen and oxygen atoms in total. The van der Waals surface area contributed by atoms with Gasteiger partial charge in [0.1, 0.15) is 0 Å². The monoisotopic (exact) mass is 423 g/mol. The summed E-state index contributed by atoms with van der Waals surface area (Å²) in [7, 11) is 4.75. The molecule has 0 spiro atoms. The second-order valence-electron chi connectivity index (χ2n) is 7.80. The van der Waals surface area contributed by atoms with Crippen LogP contribution >= 0.6 is 0 Å². The number of nitrogens with zero attached hydrogens (tertiary/aromatic N) is 3. The van der Waals surface area contributed by atoms with Crippen LogP contribution in [0, 0.1) is 5.92 Å². The summed E-state index contributed by atoms with van der Waals surface area (Å²) >= 11 is 0. The fourth-order valence-electron chi connectivity index (χ4n) is 4.19. The summed E-state index contributed by atoms with van der Waals surface area (Å²) in [6.45, 7) is 2.73. The average molecular weight is 424 g/mol. The number of rotatable bonds is 8. The highest BCUT2D eigenvalue weighted by Crippen LogP contribution is 2.43. The molecule has 164 valence electrons. The zero-order valence-electron chi connectivity index (χ0n) is 18.3. The minimum atomic E-state index is 0.478. The fraction of sp³-hybridized carbons (Fsp3) is 0.417. The van der Waals surface area contributed by atoms with Crippen LogP contribution in [-0.2, 0) is 13.0 Å². The zero-order chi connectivity index (χ0) is 21.6. The van der Waals surface area contributed by atoms with E-state index in [1.807, 2.05) is 12.1 Å². The van der Waals surface area contributed by atoms with Crippen molar-refractivity contribution in [1.29, 1.82) is 0 Å². The van der Waals surface area contributed by atoms with Crippen LogP contribution in [0.5, 0.6) is 17.2 Å². The second kappa shape index (κ2) is 9.83. The van der Waals surface area contributed by atoms with Gasteiger partial charge in [-0.1, -0.05) is 35.5 Å². The molecular formula is C24H29N3O4. The highest BCUT2D eigenvalue weighted by Gasteiger charge is 2.23. The standard InChI is InChI=1S/C24H29N3O4/c1-28-20-10-9-19(22(29-2)23(20)30-3)24-25-21(31-26-24)16-27-13-11-18(12-14-27)15-17-7-5-4-6-8-17/h4-10,18H,11-16H2,1-3H3. The SMILES string of the molecule is COc1ccc(-c2noc(CN3CCC(Cc4ccccc4)CC3)n2)c(OC)c1OC. The lowest BCUT2D eigenvalue weighted by Gasteiger charge is -2.31. The van der Waals surface area contributed by atoms with E-state index in [2.05, 4.69) is 45.4 Å². The van der Waals surface area contributed by atoms with Gasteiger partial charge in [0.05, 0.1) is 33.4 Å². The molecule has 0 unspecified atom stereocenters. The van der Waals surface area contributed by atoms with E-state index >= 15 is 0 Å². The van der Waals surface area contributed by atoms with Crippen LogP contribution in [0.2, 0.25) is 0 Å². The van der Waals surface area contributed by atoms with Gasteiger partial charge in [0, 0.05) is 0 Å². The summed E-state index contributed by atoms with van der Waals surface area (Å²) in [6.07, 6.45) is 3.51. The largest absolute Gasteiger partial charge is 0.493 e. The molecule has 1 saturated heterocycles. The van der Waals surface area contributed by atoms with E-state index in [4.69, 9.17) is 18.7 Å². The third kappa shape index (κ3) is 4.82. The Labute approximate surface area is 182 Å². The Bertz CT molecular complexity index is 982. The van der Waals surface area contributed by atoms with Gasteiger partial charge in [0.2, 0.25) is 17.5 Å². The third-order valence-corrected chi connectivity index (χ3v) is 5.85. The Morgan fingerprint density at radius 3 is 2.35 bits per heavy atom. The third-order valence-electron chi connectivity index (χ3n) is 5.85. The number of piperidine rings is 1. The van der Waals surface area contributed by atoms with Crippen molar-refractivity contribution in [2.45, 2.75) is 25.8 Å². The van der Waals surface area contributed by atoms with Gasteiger partial charge in [-0.05, 0) is 56.0 Å². The number of hydrogen-bond acceptors (Lipinski definition) is 7. The van der Waals surface area contributed by atoms with Crippen molar-refractivity contribution in [3.8, 4) is 28.6 Å². The molecule has 0 atom stereocenters. The summed E-state index contributed by atoms with van der Waals surface area (Å²) in [6, 6.07) is 14.4. The molecule has 0 aliphatic carbocycles. The molecule has 31 heavy (non-hydrogen) atoms. The fourth-order valence-corrected chi connectivity index (χ4v) is 4.19. The summed E-state index contributed by atoms with van der Waals surface area (Å²) < 4.78 is 21.9. The maximum Gasteiger partial charge on any atom is 0.241 e. The molecule has 0 saturated carbocycles. The molecule has 0 N–H and O–H groups in total. The van der Waals surface area contributed by atoms with Crippen LogP contribution in [0.25, 0.3) is 11.4 Å². The van der Waals surface area contributed by atoms with E-state index in [9.17, 15) is 0 Å². The Hall–Kier alpha value is -3.06. The molecule has 2 heterocycles. The van der Waals surface area contributed by atoms with Gasteiger partial charge in [0.25, 0.3) is 0 Å². The maximum absolute atomic E-state index is 5.55. The molecule has 4 rings (SSSR count). The first-order chi connectivity index (χ1) is 15.2. The summed E-state index contributed by atoms with van der Waals surface area (Å²) in [4.78, 5) is 6.98. The van der Waals surface area contributed by atoms with Crippen LogP contribution in [0.1, 0.15) is 24.3 Å². The summed E-state index contributed by atoms with van der Waals surface area (Å²) in [5.41, 5.74) is 2.13. The van der Waals surface area contributed by atoms with E-state index in [0.717, 1.165) is 25.4 Å². The van der Waals surface area contributed by atoms with Gasteiger partial charge in [-0.15, -0.1) is 0 Å². The maximum atomic E-state index is 5.55. The number of ether oxygens (including phenoxy) is 3. The lowest BCUT2D eigenvalue weighted by atomic mass is 9.90. The van der Waals surface area contributed by atoms with Crippen LogP contribution in [0.15, 0.2) is 47.0 Å². The number of likely N-dealkylation sites (tertiary alicyclic amines) is 1. The van der Waals surface area contributed by atoms with Crippen molar-refractivity contribution in [1.82, 2.24) is 15.0 Å². The highest BCUT2D eigenvalue weighted by molar-refractivity contribution is 5.71. The van der Waals surface area contributed by atoms with Gasteiger partial charge in [-0.3, -0.25) is 4.90 Å². The number of hydrogen-bond donors (Lipinski definition) is 0. The van der Waals surface area contributed by atoms with Gasteiger partial charge < -0.3 is 18.7 Å². The minimum absolute atomic E-state index is 0.478. The minimum Gasteiger partial charge on any atom is -0.493 e. The van der Waals surface area contributed by atoms with Gasteiger partial charge in [0.15, 0.2) is 11.5 Å². The summed E-state index contributed by atoms with van der Waals surface area (Å²) in [5, 5.41) is 4.17. The van der Waals surface area contributed by atoms with Crippen LogP contribution in [0.4, 0.5) is 0 Å². The first-order valence-electron chi connectivity index (χ1n) is 10.6. The van der Waals surface area contributed by atoms with Gasteiger partial charge >= 0.3 is 0 Å². The van der Waals surface area contributed by atoms with Crippen LogP contribution in [0.3, 0.4) is 0 Å². The number of aromatic nitrogens is 2. The average Bonchev–Trinajstić information content (AvgIpc) is 3.28. The van der Waals surface area contributed by atoms with Crippen molar-refractivity contribution in [2.24, 2.45) is 5.92 Å². The Morgan fingerprint density at radius 2 is 1.68 bits per heavy atom. The molecule has 1 aliphatic rings. The molecule has 1 aliphatic heterocycles.